The van der Waals surface area contributed by atoms with Gasteiger partial charge in [0.05, 0.1) is 23.6 Å². The van der Waals surface area contributed by atoms with Gasteiger partial charge in [-0.3, -0.25) is 4.79 Å². The van der Waals surface area contributed by atoms with E-state index in [0.717, 1.165) is 37.1 Å². The third-order valence-electron chi connectivity index (χ3n) is 5.95. The molecule has 0 radical (unpaired) electrons. The second-order valence-electron chi connectivity index (χ2n) is 7.25. The molecule has 2 atom stereocenters. The Morgan fingerprint density at radius 2 is 2.20 bits per heavy atom. The van der Waals surface area contributed by atoms with Gasteiger partial charge in [-0.15, -0.1) is 0 Å². The van der Waals surface area contributed by atoms with E-state index in [2.05, 4.69) is 10.4 Å². The first kappa shape index (κ1) is 16.3. The van der Waals surface area contributed by atoms with Crippen LogP contribution in [0.2, 0.25) is 0 Å². The lowest BCUT2D eigenvalue weighted by Gasteiger charge is -2.60. The molecule has 1 spiro atoms. The van der Waals surface area contributed by atoms with Crippen LogP contribution in [0.25, 0.3) is 5.69 Å². The van der Waals surface area contributed by atoms with Crippen LogP contribution >= 0.6 is 0 Å². The van der Waals surface area contributed by atoms with Crippen LogP contribution in [0, 0.1) is 12.3 Å². The van der Waals surface area contributed by atoms with Gasteiger partial charge in [0.25, 0.3) is 5.91 Å². The number of ether oxygens (including phenoxy) is 1. The number of para-hydroxylation sites is 1. The molecule has 2 unspecified atom stereocenters. The summed E-state index contributed by atoms with van der Waals surface area (Å²) in [6.45, 7) is 4.83. The van der Waals surface area contributed by atoms with Crippen molar-refractivity contribution in [2.24, 2.45) is 5.41 Å². The molecule has 1 aromatic carbocycles. The van der Waals surface area contributed by atoms with Crippen LogP contribution in [0.1, 0.15) is 48.5 Å². The first-order chi connectivity index (χ1) is 12.1. The summed E-state index contributed by atoms with van der Waals surface area (Å²) in [5.41, 5.74) is 2.91. The zero-order chi connectivity index (χ0) is 17.4. The average molecular weight is 339 g/mol. The van der Waals surface area contributed by atoms with Gasteiger partial charge in [0.2, 0.25) is 0 Å². The normalized spacial score (nSPS) is 23.8. The first-order valence-corrected chi connectivity index (χ1v) is 9.17. The van der Waals surface area contributed by atoms with Gasteiger partial charge in [-0.05, 0) is 44.7 Å². The van der Waals surface area contributed by atoms with Crippen molar-refractivity contribution in [3.63, 3.8) is 0 Å². The highest BCUT2D eigenvalue weighted by atomic mass is 16.5. The Kier molecular flexibility index (Phi) is 4.12. The average Bonchev–Trinajstić information content (AvgIpc) is 3.02. The topological polar surface area (TPSA) is 56.1 Å². The van der Waals surface area contributed by atoms with E-state index in [1.54, 1.807) is 10.9 Å². The molecule has 2 aromatic rings. The second-order valence-corrected chi connectivity index (χ2v) is 7.25. The lowest BCUT2D eigenvalue weighted by Crippen LogP contribution is -2.67. The minimum absolute atomic E-state index is 0.0361. The predicted octanol–water partition coefficient (Wildman–Crippen LogP) is 3.26. The monoisotopic (exact) mass is 339 g/mol. The van der Waals surface area contributed by atoms with E-state index >= 15 is 0 Å². The molecule has 5 nitrogen and oxygen atoms in total. The van der Waals surface area contributed by atoms with E-state index in [1.165, 1.54) is 6.42 Å². The molecule has 0 saturated heterocycles. The van der Waals surface area contributed by atoms with Crippen LogP contribution in [0.4, 0.5) is 0 Å². The fourth-order valence-corrected chi connectivity index (χ4v) is 4.27. The highest BCUT2D eigenvalue weighted by molar-refractivity contribution is 5.94. The summed E-state index contributed by atoms with van der Waals surface area (Å²) in [6.07, 6.45) is 8.24. The summed E-state index contributed by atoms with van der Waals surface area (Å²) in [5, 5.41) is 7.59. The van der Waals surface area contributed by atoms with Crippen LogP contribution in [-0.4, -0.2) is 34.4 Å². The Hall–Kier alpha value is -2.14. The zero-order valence-electron chi connectivity index (χ0n) is 14.9. The number of carbonyl (C=O) groups excluding carboxylic acids is 1. The zero-order valence-corrected chi connectivity index (χ0v) is 14.9. The van der Waals surface area contributed by atoms with E-state index < -0.39 is 0 Å². The van der Waals surface area contributed by atoms with Gasteiger partial charge in [0.15, 0.2) is 0 Å². The highest BCUT2D eigenvalue weighted by Crippen LogP contribution is 2.57. The number of hydrogen-bond acceptors (Lipinski definition) is 3. The Balaban J connectivity index is 1.45. The van der Waals surface area contributed by atoms with Crippen LogP contribution in [-0.2, 0) is 4.74 Å². The Morgan fingerprint density at radius 1 is 1.40 bits per heavy atom. The molecule has 2 aliphatic carbocycles. The van der Waals surface area contributed by atoms with Crippen LogP contribution in [0.3, 0.4) is 0 Å². The minimum Gasteiger partial charge on any atom is -0.378 e. The van der Waals surface area contributed by atoms with Crippen molar-refractivity contribution in [1.82, 2.24) is 15.1 Å². The summed E-state index contributed by atoms with van der Waals surface area (Å²) in [7, 11) is 0. The van der Waals surface area contributed by atoms with Gasteiger partial charge >= 0.3 is 0 Å². The number of aromatic nitrogens is 2. The maximum Gasteiger partial charge on any atom is 0.254 e. The van der Waals surface area contributed by atoms with Gasteiger partial charge in [0, 0.05) is 24.3 Å². The third-order valence-corrected chi connectivity index (χ3v) is 5.95. The van der Waals surface area contributed by atoms with Crippen molar-refractivity contribution in [3.05, 3.63) is 47.8 Å². The highest BCUT2D eigenvalue weighted by Gasteiger charge is 2.59. The Labute approximate surface area is 148 Å². The summed E-state index contributed by atoms with van der Waals surface area (Å²) < 4.78 is 7.63. The van der Waals surface area contributed by atoms with E-state index in [0.29, 0.717) is 11.7 Å². The lowest BCUT2D eigenvalue weighted by atomic mass is 9.51. The number of aryl methyl sites for hydroxylation is 1. The molecule has 1 heterocycles. The quantitative estimate of drug-likeness (QED) is 0.910. The molecule has 1 aromatic heterocycles. The first-order valence-electron chi connectivity index (χ1n) is 9.17. The maximum absolute atomic E-state index is 12.7. The fraction of sp³-hybridized carbons (Fsp3) is 0.500. The van der Waals surface area contributed by atoms with E-state index in [9.17, 15) is 4.79 Å². The van der Waals surface area contributed by atoms with Crippen LogP contribution in [0.15, 0.2) is 36.7 Å². The molecule has 132 valence electrons. The summed E-state index contributed by atoms with van der Waals surface area (Å²) in [5.74, 6) is -0.0361. The molecule has 2 aliphatic rings. The van der Waals surface area contributed by atoms with Crippen LogP contribution in [0.5, 0.6) is 0 Å². The smallest absolute Gasteiger partial charge is 0.254 e. The standard InChI is InChI=1S/C20H25N3O2/c1-3-25-18-11-17(20(18)9-6-10-20)22-19(24)15-12-21-23(13-15)16-8-5-4-7-14(16)2/h4-5,7-8,12-13,17-18H,3,6,9-11H2,1-2H3,(H,22,24). The number of benzene rings is 1. The molecule has 2 fully saturated rings. The second kappa shape index (κ2) is 6.30. The lowest BCUT2D eigenvalue weighted by molar-refractivity contribution is -0.169. The van der Waals surface area contributed by atoms with E-state index in [4.69, 9.17) is 4.74 Å². The molecule has 4 rings (SSSR count). The van der Waals surface area contributed by atoms with Gasteiger partial charge in [-0.1, -0.05) is 24.6 Å². The molecular weight excluding hydrogens is 314 g/mol. The van der Waals surface area contributed by atoms with Crippen molar-refractivity contribution in [1.29, 1.82) is 0 Å². The van der Waals surface area contributed by atoms with Crippen LogP contribution < -0.4 is 5.32 Å². The number of hydrogen-bond donors (Lipinski definition) is 1. The summed E-state index contributed by atoms with van der Waals surface area (Å²) in [4.78, 5) is 12.7. The van der Waals surface area contributed by atoms with Gasteiger partial charge in [-0.25, -0.2) is 4.68 Å². The summed E-state index contributed by atoms with van der Waals surface area (Å²) >= 11 is 0. The maximum atomic E-state index is 12.7. The van der Waals surface area contributed by atoms with Crippen molar-refractivity contribution in [2.45, 2.75) is 51.7 Å². The van der Waals surface area contributed by atoms with Crippen molar-refractivity contribution in [2.75, 3.05) is 6.61 Å². The molecule has 2 saturated carbocycles. The van der Waals surface area contributed by atoms with E-state index in [1.807, 2.05) is 44.3 Å². The SMILES string of the molecule is CCOC1CC(NC(=O)c2cnn(-c3ccccc3C)c2)C12CCC2. The molecule has 0 aliphatic heterocycles. The van der Waals surface area contributed by atoms with Gasteiger partial charge < -0.3 is 10.1 Å². The molecule has 5 heteroatoms. The molecule has 1 amide bonds. The van der Waals surface area contributed by atoms with Gasteiger partial charge in [0.1, 0.15) is 0 Å². The minimum atomic E-state index is -0.0361. The molecule has 0 bridgehead atoms. The molecular formula is C20H25N3O2. The Bertz CT molecular complexity index is 779. The summed E-state index contributed by atoms with van der Waals surface area (Å²) in [6, 6.07) is 8.25. The van der Waals surface area contributed by atoms with Crippen molar-refractivity contribution >= 4 is 5.91 Å². The number of amides is 1. The number of rotatable bonds is 5. The van der Waals surface area contributed by atoms with E-state index in [-0.39, 0.29) is 17.4 Å². The van der Waals surface area contributed by atoms with Crippen molar-refractivity contribution < 1.29 is 9.53 Å². The number of nitrogens with zero attached hydrogens (tertiary/aromatic N) is 2. The largest absolute Gasteiger partial charge is 0.378 e. The fourth-order valence-electron chi connectivity index (χ4n) is 4.27. The van der Waals surface area contributed by atoms with Gasteiger partial charge in [-0.2, -0.15) is 5.10 Å². The van der Waals surface area contributed by atoms with Crippen molar-refractivity contribution in [3.8, 4) is 5.69 Å². The number of carbonyl (C=O) groups is 1. The molecule has 1 N–H and O–H groups in total. The molecule has 25 heavy (non-hydrogen) atoms. The predicted molar refractivity (Wildman–Crippen MR) is 95.9 cm³/mol. The number of nitrogens with one attached hydrogen (secondary N) is 1. The third kappa shape index (κ3) is 2.67. The Morgan fingerprint density at radius 3 is 2.88 bits per heavy atom.